The van der Waals surface area contributed by atoms with E-state index in [4.69, 9.17) is 4.74 Å². The van der Waals surface area contributed by atoms with E-state index in [0.717, 1.165) is 67.1 Å². The third-order valence-electron chi connectivity index (χ3n) is 6.41. The summed E-state index contributed by atoms with van der Waals surface area (Å²) in [7, 11) is 1.69. The van der Waals surface area contributed by atoms with Crippen molar-refractivity contribution in [1.29, 1.82) is 0 Å². The lowest BCUT2D eigenvalue weighted by atomic mass is 10.1. The van der Waals surface area contributed by atoms with Crippen LogP contribution in [0.3, 0.4) is 0 Å². The lowest BCUT2D eigenvalue weighted by Gasteiger charge is -2.36. The Labute approximate surface area is 177 Å². The predicted octanol–water partition coefficient (Wildman–Crippen LogP) is 2.96. The van der Waals surface area contributed by atoms with Gasteiger partial charge in [-0.25, -0.2) is 0 Å². The van der Waals surface area contributed by atoms with Crippen molar-refractivity contribution >= 4 is 23.2 Å². The molecular weight excluding hydrogens is 378 g/mol. The van der Waals surface area contributed by atoms with E-state index in [2.05, 4.69) is 11.0 Å². The molecule has 2 amide bonds. The molecule has 0 bridgehead atoms. The van der Waals surface area contributed by atoms with E-state index >= 15 is 0 Å². The number of carbonyl (C=O) groups excluding carboxylic acids is 2. The number of hydrogen-bond acceptors (Lipinski definition) is 4. The number of piperazine rings is 1. The molecule has 1 saturated carbocycles. The first-order chi connectivity index (χ1) is 14.7. The summed E-state index contributed by atoms with van der Waals surface area (Å²) in [6.45, 7) is 3.65. The van der Waals surface area contributed by atoms with Crippen LogP contribution in [0.4, 0.5) is 11.4 Å². The highest BCUT2D eigenvalue weighted by atomic mass is 16.5. The van der Waals surface area contributed by atoms with Crippen molar-refractivity contribution in [3.63, 3.8) is 0 Å². The van der Waals surface area contributed by atoms with Crippen molar-refractivity contribution in [1.82, 2.24) is 4.90 Å². The van der Waals surface area contributed by atoms with Crippen LogP contribution in [-0.4, -0.2) is 56.5 Å². The van der Waals surface area contributed by atoms with Gasteiger partial charge in [-0.15, -0.1) is 0 Å². The molecule has 2 fully saturated rings. The van der Waals surface area contributed by atoms with E-state index in [1.165, 1.54) is 0 Å². The number of carbonyl (C=O) groups is 2. The van der Waals surface area contributed by atoms with Crippen molar-refractivity contribution in [2.75, 3.05) is 49.6 Å². The second kappa shape index (κ2) is 7.67. The predicted molar refractivity (Wildman–Crippen MR) is 116 cm³/mol. The quantitative estimate of drug-likeness (QED) is 0.785. The van der Waals surface area contributed by atoms with Gasteiger partial charge in [-0.05, 0) is 55.2 Å². The van der Waals surface area contributed by atoms with Gasteiger partial charge in [-0.3, -0.25) is 9.59 Å². The number of rotatable bonds is 4. The summed E-state index contributed by atoms with van der Waals surface area (Å²) in [6.07, 6.45) is 2.86. The third kappa shape index (κ3) is 3.40. The van der Waals surface area contributed by atoms with E-state index in [0.29, 0.717) is 13.1 Å². The van der Waals surface area contributed by atoms with E-state index < -0.39 is 0 Å². The van der Waals surface area contributed by atoms with Gasteiger partial charge in [0.25, 0.3) is 5.91 Å². The lowest BCUT2D eigenvalue weighted by molar-refractivity contribution is -0.119. The summed E-state index contributed by atoms with van der Waals surface area (Å²) in [5.41, 5.74) is 3.90. The Bertz CT molecular complexity index is 977. The molecule has 0 N–H and O–H groups in total. The summed E-state index contributed by atoms with van der Waals surface area (Å²) in [4.78, 5) is 31.7. The van der Waals surface area contributed by atoms with Crippen LogP contribution in [0.2, 0.25) is 0 Å². The largest absolute Gasteiger partial charge is 0.495 e. The molecule has 156 valence electrons. The number of amides is 2. The molecule has 1 saturated heterocycles. The zero-order valence-electron chi connectivity index (χ0n) is 17.3. The monoisotopic (exact) mass is 405 g/mol. The van der Waals surface area contributed by atoms with Gasteiger partial charge in [-0.2, -0.15) is 0 Å². The first-order valence-corrected chi connectivity index (χ1v) is 10.8. The molecule has 3 aliphatic rings. The molecule has 0 unspecified atom stereocenters. The number of hydrogen-bond donors (Lipinski definition) is 0. The van der Waals surface area contributed by atoms with Crippen LogP contribution < -0.4 is 14.5 Å². The van der Waals surface area contributed by atoms with E-state index in [1.807, 2.05) is 46.2 Å². The van der Waals surface area contributed by atoms with Gasteiger partial charge in [0.15, 0.2) is 0 Å². The Kier molecular flexibility index (Phi) is 4.85. The van der Waals surface area contributed by atoms with Crippen LogP contribution in [0.5, 0.6) is 5.75 Å². The Morgan fingerprint density at radius 3 is 2.43 bits per heavy atom. The van der Waals surface area contributed by atoms with E-state index in [9.17, 15) is 9.59 Å². The number of anilines is 2. The number of methoxy groups -OCH3 is 1. The fourth-order valence-electron chi connectivity index (χ4n) is 4.54. The third-order valence-corrected chi connectivity index (χ3v) is 6.41. The maximum absolute atomic E-state index is 13.1. The Morgan fingerprint density at radius 2 is 1.70 bits per heavy atom. The molecular formula is C24H27N3O3. The van der Waals surface area contributed by atoms with E-state index in [1.54, 1.807) is 7.11 Å². The molecule has 5 rings (SSSR count). The molecule has 6 heteroatoms. The van der Waals surface area contributed by atoms with Gasteiger partial charge >= 0.3 is 0 Å². The van der Waals surface area contributed by atoms with Gasteiger partial charge in [0.2, 0.25) is 5.91 Å². The fourth-order valence-corrected chi connectivity index (χ4v) is 4.54. The second-order valence-corrected chi connectivity index (χ2v) is 8.31. The summed E-state index contributed by atoms with van der Waals surface area (Å²) in [6, 6.07) is 13.8. The summed E-state index contributed by atoms with van der Waals surface area (Å²) < 4.78 is 5.48. The van der Waals surface area contributed by atoms with Crippen LogP contribution in [0, 0.1) is 5.92 Å². The minimum atomic E-state index is 0.0736. The molecule has 2 aromatic rings. The molecule has 0 spiro atoms. The average molecular weight is 405 g/mol. The zero-order valence-corrected chi connectivity index (χ0v) is 17.3. The van der Waals surface area contributed by atoms with Gasteiger partial charge in [-0.1, -0.05) is 12.1 Å². The SMILES string of the molecule is COc1ccccc1N1CCN(C(=O)c2ccc3c(c2)CCN3C(=O)C2CC2)CC1. The fraction of sp³-hybridized carbons (Fsp3) is 0.417. The zero-order chi connectivity index (χ0) is 20.7. The highest BCUT2D eigenvalue weighted by Gasteiger charge is 2.36. The molecule has 2 heterocycles. The molecule has 2 aromatic carbocycles. The molecule has 6 nitrogen and oxygen atoms in total. The van der Waals surface area contributed by atoms with Crippen molar-refractivity contribution < 1.29 is 14.3 Å². The number of nitrogens with zero attached hydrogens (tertiary/aromatic N) is 3. The molecule has 2 aliphatic heterocycles. The first-order valence-electron chi connectivity index (χ1n) is 10.8. The van der Waals surface area contributed by atoms with Crippen molar-refractivity contribution in [2.45, 2.75) is 19.3 Å². The maximum atomic E-state index is 13.1. The van der Waals surface area contributed by atoms with Crippen LogP contribution in [0.25, 0.3) is 0 Å². The molecule has 1 aliphatic carbocycles. The van der Waals surface area contributed by atoms with Gasteiger partial charge in [0.05, 0.1) is 12.8 Å². The van der Waals surface area contributed by atoms with Gasteiger partial charge < -0.3 is 19.4 Å². The standard InChI is InChI=1S/C24H27N3O3/c1-30-22-5-3-2-4-21(22)25-12-14-26(15-13-25)23(28)19-8-9-20-18(16-19)10-11-27(20)24(29)17-6-7-17/h2-5,8-9,16-17H,6-7,10-15H2,1H3. The number of benzene rings is 2. The molecule has 30 heavy (non-hydrogen) atoms. The van der Waals surface area contributed by atoms with Crippen molar-refractivity contribution in [3.8, 4) is 5.75 Å². The number of ether oxygens (including phenoxy) is 1. The first kappa shape index (κ1) is 19.0. The Morgan fingerprint density at radius 1 is 0.933 bits per heavy atom. The summed E-state index contributed by atoms with van der Waals surface area (Å²) >= 11 is 0. The van der Waals surface area contributed by atoms with Crippen LogP contribution in [0.1, 0.15) is 28.8 Å². The summed E-state index contributed by atoms with van der Waals surface area (Å²) in [5, 5.41) is 0. The average Bonchev–Trinajstić information content (AvgIpc) is 3.57. The van der Waals surface area contributed by atoms with Crippen LogP contribution in [0.15, 0.2) is 42.5 Å². The second-order valence-electron chi connectivity index (χ2n) is 8.31. The summed E-state index contributed by atoms with van der Waals surface area (Å²) in [5.74, 6) is 1.41. The normalized spacial score (nSPS) is 18.4. The lowest BCUT2D eigenvalue weighted by Crippen LogP contribution is -2.48. The van der Waals surface area contributed by atoms with Crippen LogP contribution >= 0.6 is 0 Å². The minimum absolute atomic E-state index is 0.0736. The molecule has 0 atom stereocenters. The Hall–Kier alpha value is -3.02. The van der Waals surface area contributed by atoms with Crippen molar-refractivity contribution in [2.24, 2.45) is 5.92 Å². The van der Waals surface area contributed by atoms with Gasteiger partial charge in [0, 0.05) is 49.9 Å². The number of para-hydroxylation sites is 2. The Balaban J connectivity index is 1.26. The van der Waals surface area contributed by atoms with Crippen LogP contribution in [-0.2, 0) is 11.2 Å². The molecule has 0 radical (unpaired) electrons. The maximum Gasteiger partial charge on any atom is 0.253 e. The topological polar surface area (TPSA) is 53.1 Å². The van der Waals surface area contributed by atoms with E-state index in [-0.39, 0.29) is 17.7 Å². The van der Waals surface area contributed by atoms with Crippen molar-refractivity contribution in [3.05, 3.63) is 53.6 Å². The van der Waals surface area contributed by atoms with Gasteiger partial charge in [0.1, 0.15) is 5.75 Å². The molecule has 0 aromatic heterocycles. The highest BCUT2D eigenvalue weighted by Crippen LogP contribution is 2.37. The highest BCUT2D eigenvalue weighted by molar-refractivity contribution is 6.00. The number of fused-ring (bicyclic) bond motifs is 1. The minimum Gasteiger partial charge on any atom is -0.495 e. The smallest absolute Gasteiger partial charge is 0.253 e.